The molecule has 0 aliphatic heterocycles. The molecule has 0 aliphatic carbocycles. The van der Waals surface area contributed by atoms with Gasteiger partial charge < -0.3 is 4.74 Å². The predicted molar refractivity (Wildman–Crippen MR) is 108 cm³/mol. The van der Waals surface area contributed by atoms with E-state index in [1.165, 1.54) is 36.7 Å². The van der Waals surface area contributed by atoms with Gasteiger partial charge in [0, 0.05) is 30.9 Å². The van der Waals surface area contributed by atoms with Crippen LogP contribution in [-0.2, 0) is 0 Å². The number of hydrogen-bond acceptors (Lipinski definition) is 5. The van der Waals surface area contributed by atoms with E-state index in [1.807, 2.05) is 0 Å². The number of pyridine rings is 3. The molecule has 0 aliphatic rings. The molecule has 9 heteroatoms. The van der Waals surface area contributed by atoms with Gasteiger partial charge in [0.05, 0.1) is 11.9 Å². The van der Waals surface area contributed by atoms with E-state index < -0.39 is 23.3 Å². The van der Waals surface area contributed by atoms with Gasteiger partial charge in [-0.25, -0.2) is 8.78 Å². The summed E-state index contributed by atoms with van der Waals surface area (Å²) in [5, 5.41) is -0.226. The molecule has 0 bridgehead atoms. The van der Waals surface area contributed by atoms with Crippen molar-refractivity contribution in [1.29, 1.82) is 0 Å². The van der Waals surface area contributed by atoms with Gasteiger partial charge in [-0.1, -0.05) is 11.6 Å². The quantitative estimate of drug-likeness (QED) is 0.553. The standard InChI is InChI=1S/C21H18ClF2N3O3/c1-10-8-25-16(12(3)28)7-17(10)27-11(2)5-18(19(22)21(27)29)30-13(4)20-15(24)6-14(23)9-26-20/h5-9,13H,1-4H3. The zero-order chi connectivity index (χ0) is 22.2. The number of halogens is 3. The fraction of sp³-hybridized carbons (Fsp3) is 0.238. The molecule has 30 heavy (non-hydrogen) atoms. The van der Waals surface area contributed by atoms with Crippen molar-refractivity contribution in [2.45, 2.75) is 33.8 Å². The number of carbonyl (C=O) groups excluding carboxylic acids is 1. The first-order chi connectivity index (χ1) is 14.1. The van der Waals surface area contributed by atoms with E-state index in [-0.39, 0.29) is 27.9 Å². The van der Waals surface area contributed by atoms with Gasteiger partial charge >= 0.3 is 0 Å². The molecule has 156 valence electrons. The average molecular weight is 434 g/mol. The maximum absolute atomic E-state index is 14.0. The minimum absolute atomic E-state index is 0.0342. The van der Waals surface area contributed by atoms with Crippen LogP contribution in [0.5, 0.6) is 5.75 Å². The second-order valence-corrected chi connectivity index (χ2v) is 7.18. The Labute approximate surface area is 176 Å². The number of ketones is 1. The number of aryl methyl sites for hydroxylation is 2. The summed E-state index contributed by atoms with van der Waals surface area (Å²) < 4.78 is 34.1. The smallest absolute Gasteiger partial charge is 0.277 e. The molecule has 0 aromatic carbocycles. The average Bonchev–Trinajstić information content (AvgIpc) is 2.67. The van der Waals surface area contributed by atoms with Crippen molar-refractivity contribution >= 4 is 17.4 Å². The van der Waals surface area contributed by atoms with Gasteiger partial charge in [-0.05, 0) is 32.4 Å². The molecule has 1 unspecified atom stereocenters. The maximum Gasteiger partial charge on any atom is 0.277 e. The summed E-state index contributed by atoms with van der Waals surface area (Å²) in [6.45, 7) is 6.30. The van der Waals surface area contributed by atoms with Gasteiger partial charge in [0.15, 0.2) is 11.6 Å². The van der Waals surface area contributed by atoms with Gasteiger partial charge in [0.25, 0.3) is 5.56 Å². The third-order valence-corrected chi connectivity index (χ3v) is 4.85. The summed E-state index contributed by atoms with van der Waals surface area (Å²) in [5.41, 5.74) is 1.12. The molecule has 0 radical (unpaired) electrons. The van der Waals surface area contributed by atoms with Crippen molar-refractivity contribution in [3.63, 3.8) is 0 Å². The van der Waals surface area contributed by atoms with Crippen LogP contribution in [-0.4, -0.2) is 20.3 Å². The van der Waals surface area contributed by atoms with Gasteiger partial charge in [0.1, 0.15) is 34.1 Å². The normalized spacial score (nSPS) is 12.0. The van der Waals surface area contributed by atoms with Gasteiger partial charge in [-0.3, -0.25) is 24.1 Å². The Hall–Kier alpha value is -3.13. The van der Waals surface area contributed by atoms with Gasteiger partial charge in [-0.2, -0.15) is 0 Å². The molecular weight excluding hydrogens is 416 g/mol. The minimum atomic E-state index is -0.926. The predicted octanol–water partition coefficient (Wildman–Crippen LogP) is 4.52. The largest absolute Gasteiger partial charge is 0.482 e. The Kier molecular flexibility index (Phi) is 5.98. The lowest BCUT2D eigenvalue weighted by atomic mass is 10.1. The van der Waals surface area contributed by atoms with Crippen molar-refractivity contribution in [3.8, 4) is 11.4 Å². The maximum atomic E-state index is 14.0. The molecule has 3 aromatic rings. The molecule has 0 amide bonds. The second-order valence-electron chi connectivity index (χ2n) is 6.80. The van der Waals surface area contributed by atoms with Crippen molar-refractivity contribution in [2.75, 3.05) is 0 Å². The first-order valence-corrected chi connectivity index (χ1v) is 9.35. The van der Waals surface area contributed by atoms with Crippen LogP contribution in [0.1, 0.15) is 47.4 Å². The van der Waals surface area contributed by atoms with Crippen LogP contribution in [0.25, 0.3) is 5.69 Å². The summed E-state index contributed by atoms with van der Waals surface area (Å²) >= 11 is 6.26. The van der Waals surface area contributed by atoms with Crippen LogP contribution in [0.2, 0.25) is 5.02 Å². The minimum Gasteiger partial charge on any atom is -0.482 e. The van der Waals surface area contributed by atoms with E-state index in [1.54, 1.807) is 13.8 Å². The number of aromatic nitrogens is 3. The van der Waals surface area contributed by atoms with Gasteiger partial charge in [-0.15, -0.1) is 0 Å². The van der Waals surface area contributed by atoms with Gasteiger partial charge in [0.2, 0.25) is 0 Å². The van der Waals surface area contributed by atoms with E-state index in [9.17, 15) is 18.4 Å². The summed E-state index contributed by atoms with van der Waals surface area (Å²) in [4.78, 5) is 32.4. The number of nitrogens with zero attached hydrogens (tertiary/aromatic N) is 3. The highest BCUT2D eigenvalue weighted by molar-refractivity contribution is 6.31. The Balaban J connectivity index is 2.05. The summed E-state index contributed by atoms with van der Waals surface area (Å²) in [7, 11) is 0. The molecule has 3 heterocycles. The van der Waals surface area contributed by atoms with Crippen molar-refractivity contribution in [1.82, 2.24) is 14.5 Å². The summed E-state index contributed by atoms with van der Waals surface area (Å²) in [6, 6.07) is 3.74. The van der Waals surface area contributed by atoms with E-state index in [0.717, 1.165) is 6.20 Å². The second kappa shape index (κ2) is 8.31. The molecule has 3 aromatic heterocycles. The fourth-order valence-corrected chi connectivity index (χ4v) is 3.17. The van der Waals surface area contributed by atoms with E-state index in [2.05, 4.69) is 9.97 Å². The van der Waals surface area contributed by atoms with Crippen LogP contribution in [0.4, 0.5) is 8.78 Å². The molecule has 1 atom stereocenters. The summed E-state index contributed by atoms with van der Waals surface area (Å²) in [5.74, 6) is -1.88. The molecule has 0 N–H and O–H groups in total. The number of Topliss-reactive ketones (excluding diaryl/α,β-unsaturated/α-hetero) is 1. The zero-order valence-corrected chi connectivity index (χ0v) is 17.4. The van der Waals surface area contributed by atoms with Crippen molar-refractivity contribution in [3.05, 3.63) is 80.2 Å². The fourth-order valence-electron chi connectivity index (χ4n) is 2.98. The van der Waals surface area contributed by atoms with Crippen LogP contribution >= 0.6 is 11.6 Å². The van der Waals surface area contributed by atoms with Crippen LogP contribution in [0, 0.1) is 25.5 Å². The Morgan fingerprint density at radius 2 is 1.87 bits per heavy atom. The molecule has 0 fully saturated rings. The highest BCUT2D eigenvalue weighted by Crippen LogP contribution is 2.29. The molecule has 0 saturated heterocycles. The molecule has 6 nitrogen and oxygen atoms in total. The summed E-state index contributed by atoms with van der Waals surface area (Å²) in [6.07, 6.45) is 1.45. The third kappa shape index (κ3) is 4.09. The van der Waals surface area contributed by atoms with Crippen LogP contribution in [0.15, 0.2) is 35.4 Å². The van der Waals surface area contributed by atoms with Crippen LogP contribution in [0.3, 0.4) is 0 Å². The first kappa shape index (κ1) is 21.6. The first-order valence-electron chi connectivity index (χ1n) is 8.97. The third-order valence-electron chi connectivity index (χ3n) is 4.50. The van der Waals surface area contributed by atoms with Crippen molar-refractivity contribution < 1.29 is 18.3 Å². The highest BCUT2D eigenvalue weighted by atomic mass is 35.5. The number of rotatable bonds is 5. The highest BCUT2D eigenvalue weighted by Gasteiger charge is 2.21. The lowest BCUT2D eigenvalue weighted by molar-refractivity contribution is 0.101. The lowest BCUT2D eigenvalue weighted by Gasteiger charge is -2.19. The topological polar surface area (TPSA) is 74.1 Å². The monoisotopic (exact) mass is 433 g/mol. The lowest BCUT2D eigenvalue weighted by Crippen LogP contribution is -2.23. The number of ether oxygens (including phenoxy) is 1. The zero-order valence-electron chi connectivity index (χ0n) is 16.7. The van der Waals surface area contributed by atoms with Crippen molar-refractivity contribution in [2.24, 2.45) is 0 Å². The Bertz CT molecular complexity index is 1210. The molecule has 3 rings (SSSR count). The Morgan fingerprint density at radius 1 is 1.17 bits per heavy atom. The van der Waals surface area contributed by atoms with E-state index >= 15 is 0 Å². The van der Waals surface area contributed by atoms with E-state index in [4.69, 9.17) is 16.3 Å². The number of hydrogen-bond donors (Lipinski definition) is 0. The Morgan fingerprint density at radius 3 is 2.50 bits per heavy atom. The van der Waals surface area contributed by atoms with Crippen LogP contribution < -0.4 is 10.3 Å². The molecule has 0 saturated carbocycles. The molecule has 0 spiro atoms. The SMILES string of the molecule is CC(=O)c1cc(-n2c(C)cc(OC(C)c3ncc(F)cc3F)c(Cl)c2=O)c(C)cn1. The van der Waals surface area contributed by atoms with E-state index in [0.29, 0.717) is 23.0 Å². The molecular formula is C21H18ClF2N3O3. The number of carbonyl (C=O) groups is 1.